The van der Waals surface area contributed by atoms with Crippen LogP contribution in [0.25, 0.3) is 21.9 Å². The molecule has 0 unspecified atom stereocenters. The Morgan fingerprint density at radius 1 is 0.900 bits per heavy atom. The van der Waals surface area contributed by atoms with Gasteiger partial charge >= 0.3 is 11.9 Å². The molecule has 1 heterocycles. The van der Waals surface area contributed by atoms with Crippen LogP contribution in [0.5, 0.6) is 28.7 Å². The van der Waals surface area contributed by atoms with Crippen molar-refractivity contribution in [2.45, 2.75) is 13.8 Å². The van der Waals surface area contributed by atoms with Crippen LogP contribution in [0.3, 0.4) is 0 Å². The van der Waals surface area contributed by atoms with E-state index < -0.39 is 23.4 Å². The molecule has 8 nitrogen and oxygen atoms in total. The molecule has 0 saturated heterocycles. The van der Waals surface area contributed by atoms with E-state index >= 15 is 0 Å². The standard InChI is InChI=1S/C22H18O8/c1-3-28-21(26)12-7-10-5-6-13(23)20-17(10)18(19(12)22(27)29-4-2)11-8-14(24)15(25)9-16(11)30-20/h5-9,23-25H,3-4H2,1-2H3. The van der Waals surface area contributed by atoms with Crippen LogP contribution in [0, 0.1) is 0 Å². The fraction of sp³-hybridized carbons (Fsp3) is 0.182. The Morgan fingerprint density at radius 3 is 2.27 bits per heavy atom. The Hall–Kier alpha value is -3.94. The monoisotopic (exact) mass is 410 g/mol. The van der Waals surface area contributed by atoms with Gasteiger partial charge in [-0.2, -0.15) is 0 Å². The lowest BCUT2D eigenvalue weighted by molar-refractivity contribution is 0.0480. The van der Waals surface area contributed by atoms with Gasteiger partial charge in [0, 0.05) is 22.6 Å². The van der Waals surface area contributed by atoms with Gasteiger partial charge in [-0.25, -0.2) is 9.59 Å². The second kappa shape index (κ2) is 7.14. The smallest absolute Gasteiger partial charge is 0.339 e. The van der Waals surface area contributed by atoms with Gasteiger partial charge in [-0.1, -0.05) is 6.07 Å². The molecular formula is C22H18O8. The molecule has 3 aromatic carbocycles. The molecule has 30 heavy (non-hydrogen) atoms. The van der Waals surface area contributed by atoms with Crippen molar-refractivity contribution in [3.63, 3.8) is 0 Å². The van der Waals surface area contributed by atoms with Crippen LogP contribution in [-0.2, 0) is 9.47 Å². The molecule has 1 aliphatic rings. The highest BCUT2D eigenvalue weighted by Crippen LogP contribution is 2.54. The third kappa shape index (κ3) is 2.85. The van der Waals surface area contributed by atoms with E-state index in [0.717, 1.165) is 6.07 Å². The highest BCUT2D eigenvalue weighted by Gasteiger charge is 2.33. The number of phenols is 3. The van der Waals surface area contributed by atoms with Crippen LogP contribution in [0.2, 0.25) is 0 Å². The van der Waals surface area contributed by atoms with Gasteiger partial charge in [0.25, 0.3) is 0 Å². The van der Waals surface area contributed by atoms with Crippen molar-refractivity contribution in [2.75, 3.05) is 13.2 Å². The van der Waals surface area contributed by atoms with Crippen LogP contribution in [0.4, 0.5) is 0 Å². The summed E-state index contributed by atoms with van der Waals surface area (Å²) in [7, 11) is 0. The van der Waals surface area contributed by atoms with Crippen LogP contribution in [0.1, 0.15) is 34.6 Å². The Morgan fingerprint density at radius 2 is 1.57 bits per heavy atom. The van der Waals surface area contributed by atoms with Crippen LogP contribution < -0.4 is 4.74 Å². The van der Waals surface area contributed by atoms with E-state index in [0.29, 0.717) is 10.8 Å². The van der Waals surface area contributed by atoms with Gasteiger partial charge in [0.05, 0.1) is 24.3 Å². The topological polar surface area (TPSA) is 123 Å². The molecule has 0 amide bonds. The minimum atomic E-state index is -0.771. The molecule has 0 spiro atoms. The molecule has 0 aromatic heterocycles. The number of carbonyl (C=O) groups is 2. The summed E-state index contributed by atoms with van der Waals surface area (Å²) in [5.41, 5.74) is 0.387. The van der Waals surface area contributed by atoms with Crippen molar-refractivity contribution in [2.24, 2.45) is 0 Å². The molecule has 154 valence electrons. The van der Waals surface area contributed by atoms with E-state index in [1.54, 1.807) is 19.9 Å². The number of rotatable bonds is 4. The lowest BCUT2D eigenvalue weighted by Gasteiger charge is -2.25. The van der Waals surface area contributed by atoms with Crippen molar-refractivity contribution in [3.8, 4) is 39.9 Å². The second-order valence-corrected chi connectivity index (χ2v) is 6.57. The molecule has 0 aliphatic carbocycles. The largest absolute Gasteiger partial charge is 0.504 e. The van der Waals surface area contributed by atoms with Gasteiger partial charge in [-0.15, -0.1) is 0 Å². The molecule has 0 atom stereocenters. The third-order valence-electron chi connectivity index (χ3n) is 4.77. The Kier molecular flexibility index (Phi) is 4.62. The zero-order valence-electron chi connectivity index (χ0n) is 16.2. The van der Waals surface area contributed by atoms with Crippen molar-refractivity contribution >= 4 is 22.7 Å². The van der Waals surface area contributed by atoms with Gasteiger partial charge in [0.15, 0.2) is 23.0 Å². The summed E-state index contributed by atoms with van der Waals surface area (Å²) < 4.78 is 16.1. The first-order valence-electron chi connectivity index (χ1n) is 9.28. The molecule has 8 heteroatoms. The predicted octanol–water partition coefficient (Wildman–Crippen LogP) is 4.08. The van der Waals surface area contributed by atoms with Gasteiger partial charge in [0.2, 0.25) is 0 Å². The number of phenolic OH excluding ortho intramolecular Hbond substituents is 3. The Labute approximate surface area is 170 Å². The fourth-order valence-electron chi connectivity index (χ4n) is 3.56. The van der Waals surface area contributed by atoms with E-state index in [2.05, 4.69) is 0 Å². The summed E-state index contributed by atoms with van der Waals surface area (Å²) in [5, 5.41) is 31.2. The molecule has 0 radical (unpaired) electrons. The molecular weight excluding hydrogens is 392 g/mol. The average Bonchev–Trinajstić information content (AvgIpc) is 2.71. The molecule has 3 aromatic rings. The first-order chi connectivity index (χ1) is 14.4. The highest BCUT2D eigenvalue weighted by atomic mass is 16.5. The maximum Gasteiger partial charge on any atom is 0.339 e. The highest BCUT2D eigenvalue weighted by molar-refractivity contribution is 6.18. The second-order valence-electron chi connectivity index (χ2n) is 6.57. The normalized spacial score (nSPS) is 11.5. The summed E-state index contributed by atoms with van der Waals surface area (Å²) in [6.07, 6.45) is 0. The molecule has 0 saturated carbocycles. The predicted molar refractivity (Wildman–Crippen MR) is 106 cm³/mol. The summed E-state index contributed by atoms with van der Waals surface area (Å²) in [6.45, 7) is 3.44. The minimum absolute atomic E-state index is 0.0187. The molecule has 0 fully saturated rings. The van der Waals surface area contributed by atoms with Crippen molar-refractivity contribution in [1.82, 2.24) is 0 Å². The summed E-state index contributed by atoms with van der Waals surface area (Å²) >= 11 is 0. The van der Waals surface area contributed by atoms with E-state index in [1.807, 2.05) is 0 Å². The number of esters is 2. The summed E-state index contributed by atoms with van der Waals surface area (Å²) in [6, 6.07) is 6.83. The van der Waals surface area contributed by atoms with E-state index in [9.17, 15) is 24.9 Å². The SMILES string of the molecule is CCOC(=O)c1cc2ccc(O)c3c2c(c1C(=O)OCC)-c1cc(O)c(O)cc1O3. The first-order valence-corrected chi connectivity index (χ1v) is 9.28. The average molecular weight is 410 g/mol. The summed E-state index contributed by atoms with van der Waals surface area (Å²) in [5.74, 6) is -2.42. The Bertz CT molecular complexity index is 1210. The number of hydrogen-bond donors (Lipinski definition) is 3. The first kappa shape index (κ1) is 19.4. The third-order valence-corrected chi connectivity index (χ3v) is 4.77. The van der Waals surface area contributed by atoms with Crippen LogP contribution >= 0.6 is 0 Å². The Balaban J connectivity index is 2.19. The van der Waals surface area contributed by atoms with Gasteiger partial charge < -0.3 is 29.5 Å². The number of aromatic hydroxyl groups is 3. The number of carbonyl (C=O) groups excluding carboxylic acids is 2. The number of fused-ring (bicyclic) bond motifs is 2. The zero-order chi connectivity index (χ0) is 21.6. The zero-order valence-corrected chi connectivity index (χ0v) is 16.2. The van der Waals surface area contributed by atoms with Crippen molar-refractivity contribution in [3.05, 3.63) is 41.5 Å². The minimum Gasteiger partial charge on any atom is -0.504 e. The van der Waals surface area contributed by atoms with Gasteiger partial charge in [-0.05, 0) is 37.4 Å². The van der Waals surface area contributed by atoms with Crippen molar-refractivity contribution < 1.29 is 39.1 Å². The fourth-order valence-corrected chi connectivity index (χ4v) is 3.56. The number of ether oxygens (including phenoxy) is 3. The lowest BCUT2D eigenvalue weighted by Crippen LogP contribution is -2.17. The van der Waals surface area contributed by atoms with Crippen LogP contribution in [0.15, 0.2) is 30.3 Å². The maximum absolute atomic E-state index is 12.9. The molecule has 3 N–H and O–H groups in total. The van der Waals surface area contributed by atoms with E-state index in [1.165, 1.54) is 18.2 Å². The van der Waals surface area contributed by atoms with Crippen molar-refractivity contribution in [1.29, 1.82) is 0 Å². The lowest BCUT2D eigenvalue weighted by atomic mass is 9.87. The quantitative estimate of drug-likeness (QED) is 0.340. The van der Waals surface area contributed by atoms with Gasteiger partial charge in [0.1, 0.15) is 5.75 Å². The van der Waals surface area contributed by atoms with E-state index in [-0.39, 0.29) is 52.7 Å². The molecule has 0 bridgehead atoms. The summed E-state index contributed by atoms with van der Waals surface area (Å²) in [4.78, 5) is 25.6. The maximum atomic E-state index is 12.9. The molecule has 4 rings (SSSR count). The number of benzene rings is 3. The van der Waals surface area contributed by atoms with E-state index in [4.69, 9.17) is 14.2 Å². The number of hydrogen-bond acceptors (Lipinski definition) is 8. The van der Waals surface area contributed by atoms with Gasteiger partial charge in [-0.3, -0.25) is 0 Å². The van der Waals surface area contributed by atoms with Crippen LogP contribution in [-0.4, -0.2) is 40.5 Å². The molecule has 1 aliphatic heterocycles.